The molecule has 0 bridgehead atoms. The third-order valence-electron chi connectivity index (χ3n) is 4.89. The predicted octanol–water partition coefficient (Wildman–Crippen LogP) is 3.73. The molecule has 2 aromatic carbocycles. The SMILES string of the molecule is Cc1cc(C(=O)N2CCc3ccccc3C2)nc(NCc2ccccc2F)n1. The number of aryl methyl sites for hydroxylation is 1. The number of aromatic nitrogens is 2. The number of hydrogen-bond donors (Lipinski definition) is 1. The van der Waals surface area contributed by atoms with Crippen molar-refractivity contribution in [3.05, 3.63) is 88.5 Å². The maximum Gasteiger partial charge on any atom is 0.272 e. The Bertz CT molecular complexity index is 1020. The number of halogens is 1. The molecule has 4 rings (SSSR count). The van der Waals surface area contributed by atoms with E-state index in [1.54, 1.807) is 24.3 Å². The van der Waals surface area contributed by atoms with E-state index in [0.717, 1.165) is 6.42 Å². The van der Waals surface area contributed by atoms with Gasteiger partial charge in [0.1, 0.15) is 11.5 Å². The van der Waals surface area contributed by atoms with E-state index in [0.29, 0.717) is 36.0 Å². The summed E-state index contributed by atoms with van der Waals surface area (Å²) in [6, 6.07) is 16.4. The lowest BCUT2D eigenvalue weighted by molar-refractivity contribution is 0.0728. The van der Waals surface area contributed by atoms with Gasteiger partial charge in [0.05, 0.1) is 0 Å². The smallest absolute Gasteiger partial charge is 0.272 e. The van der Waals surface area contributed by atoms with E-state index >= 15 is 0 Å². The van der Waals surface area contributed by atoms with Gasteiger partial charge in [-0.1, -0.05) is 42.5 Å². The van der Waals surface area contributed by atoms with E-state index in [4.69, 9.17) is 0 Å². The molecule has 0 aliphatic carbocycles. The van der Waals surface area contributed by atoms with Crippen molar-refractivity contribution in [3.63, 3.8) is 0 Å². The van der Waals surface area contributed by atoms with Gasteiger partial charge >= 0.3 is 0 Å². The van der Waals surface area contributed by atoms with Crippen molar-refractivity contribution in [3.8, 4) is 0 Å². The molecule has 0 atom stereocenters. The van der Waals surface area contributed by atoms with Crippen LogP contribution in [0.2, 0.25) is 0 Å². The average Bonchev–Trinajstić information content (AvgIpc) is 2.72. The summed E-state index contributed by atoms with van der Waals surface area (Å²) >= 11 is 0. The number of amides is 1. The Hall–Kier alpha value is -3.28. The number of carbonyl (C=O) groups is 1. The molecule has 1 amide bonds. The van der Waals surface area contributed by atoms with Gasteiger partial charge < -0.3 is 10.2 Å². The van der Waals surface area contributed by atoms with Crippen LogP contribution in [-0.4, -0.2) is 27.3 Å². The molecule has 0 unspecified atom stereocenters. The Morgan fingerprint density at radius 2 is 1.86 bits per heavy atom. The fourth-order valence-electron chi connectivity index (χ4n) is 3.40. The van der Waals surface area contributed by atoms with Crippen LogP contribution < -0.4 is 5.32 Å². The van der Waals surface area contributed by atoms with Gasteiger partial charge in [-0.05, 0) is 36.6 Å². The Labute approximate surface area is 163 Å². The van der Waals surface area contributed by atoms with Crippen molar-refractivity contribution < 1.29 is 9.18 Å². The molecule has 1 aliphatic rings. The van der Waals surface area contributed by atoms with Gasteiger partial charge in [-0.25, -0.2) is 14.4 Å². The van der Waals surface area contributed by atoms with Crippen LogP contribution in [0.4, 0.5) is 10.3 Å². The summed E-state index contributed by atoms with van der Waals surface area (Å²) in [5.41, 5.74) is 4.02. The zero-order chi connectivity index (χ0) is 19.5. The van der Waals surface area contributed by atoms with Crippen LogP contribution in [0.5, 0.6) is 0 Å². The van der Waals surface area contributed by atoms with E-state index in [9.17, 15) is 9.18 Å². The molecule has 0 saturated carbocycles. The van der Waals surface area contributed by atoms with Gasteiger partial charge in [-0.15, -0.1) is 0 Å². The summed E-state index contributed by atoms with van der Waals surface area (Å²) < 4.78 is 13.8. The molecular formula is C22H21FN4O. The number of anilines is 1. The molecule has 28 heavy (non-hydrogen) atoms. The Kier molecular flexibility index (Phi) is 5.02. The minimum absolute atomic E-state index is 0.117. The number of rotatable bonds is 4. The molecule has 0 radical (unpaired) electrons. The molecule has 0 spiro atoms. The fourth-order valence-corrected chi connectivity index (χ4v) is 3.40. The molecule has 142 valence electrons. The highest BCUT2D eigenvalue weighted by molar-refractivity contribution is 5.92. The zero-order valence-corrected chi connectivity index (χ0v) is 15.7. The highest BCUT2D eigenvalue weighted by Gasteiger charge is 2.23. The summed E-state index contributed by atoms with van der Waals surface area (Å²) in [5, 5.41) is 3.02. The second kappa shape index (κ2) is 7.76. The number of benzene rings is 2. The quantitative estimate of drug-likeness (QED) is 0.754. The van der Waals surface area contributed by atoms with Crippen molar-refractivity contribution in [2.24, 2.45) is 0 Å². The number of nitrogens with zero attached hydrogens (tertiary/aromatic N) is 3. The topological polar surface area (TPSA) is 58.1 Å². The minimum atomic E-state index is -0.286. The van der Waals surface area contributed by atoms with Gasteiger partial charge in [0.25, 0.3) is 5.91 Å². The van der Waals surface area contributed by atoms with Crippen molar-refractivity contribution in [1.29, 1.82) is 0 Å². The first kappa shape index (κ1) is 18.1. The van der Waals surface area contributed by atoms with Crippen LogP contribution in [-0.2, 0) is 19.5 Å². The molecule has 5 nitrogen and oxygen atoms in total. The largest absolute Gasteiger partial charge is 0.350 e. The standard InChI is InChI=1S/C22H21FN4O/c1-15-12-20(21(28)27-11-10-16-6-2-3-8-18(16)14-27)26-22(25-15)24-13-17-7-4-5-9-19(17)23/h2-9,12H,10-11,13-14H2,1H3,(H,24,25,26). The molecular weight excluding hydrogens is 355 g/mol. The Balaban J connectivity index is 1.50. The van der Waals surface area contributed by atoms with Gasteiger partial charge in [0.15, 0.2) is 0 Å². The first-order valence-corrected chi connectivity index (χ1v) is 9.29. The summed E-state index contributed by atoms with van der Waals surface area (Å²) in [6.45, 7) is 3.31. The summed E-state index contributed by atoms with van der Waals surface area (Å²) in [5.74, 6) is -0.0797. The van der Waals surface area contributed by atoms with E-state index in [1.807, 2.05) is 24.0 Å². The highest BCUT2D eigenvalue weighted by atomic mass is 19.1. The fraction of sp³-hybridized carbons (Fsp3) is 0.227. The monoisotopic (exact) mass is 376 g/mol. The van der Waals surface area contributed by atoms with Gasteiger partial charge in [0.2, 0.25) is 5.95 Å². The van der Waals surface area contributed by atoms with Crippen LogP contribution in [0.25, 0.3) is 0 Å². The van der Waals surface area contributed by atoms with Crippen molar-refractivity contribution in [2.45, 2.75) is 26.4 Å². The van der Waals surface area contributed by atoms with Crippen LogP contribution in [0.15, 0.2) is 54.6 Å². The molecule has 2 heterocycles. The van der Waals surface area contributed by atoms with Gasteiger partial charge in [0, 0.05) is 30.9 Å². The van der Waals surface area contributed by atoms with Gasteiger partial charge in [-0.3, -0.25) is 4.79 Å². The minimum Gasteiger partial charge on any atom is -0.350 e. The summed E-state index contributed by atoms with van der Waals surface area (Å²) in [4.78, 5) is 23.5. The lowest BCUT2D eigenvalue weighted by Gasteiger charge is -2.28. The molecule has 0 saturated heterocycles. The Morgan fingerprint density at radius 3 is 2.68 bits per heavy atom. The number of hydrogen-bond acceptors (Lipinski definition) is 4. The predicted molar refractivity (Wildman–Crippen MR) is 105 cm³/mol. The second-order valence-electron chi connectivity index (χ2n) is 6.91. The number of fused-ring (bicyclic) bond motifs is 1. The molecule has 1 aromatic heterocycles. The van der Waals surface area contributed by atoms with Crippen molar-refractivity contribution in [2.75, 3.05) is 11.9 Å². The van der Waals surface area contributed by atoms with Crippen LogP contribution >= 0.6 is 0 Å². The average molecular weight is 376 g/mol. The van der Waals surface area contributed by atoms with Crippen LogP contribution in [0.1, 0.15) is 32.9 Å². The molecule has 3 aromatic rings. The van der Waals surface area contributed by atoms with E-state index < -0.39 is 0 Å². The summed E-state index contributed by atoms with van der Waals surface area (Å²) in [7, 11) is 0. The maximum absolute atomic E-state index is 13.8. The first-order chi connectivity index (χ1) is 13.6. The summed E-state index contributed by atoms with van der Waals surface area (Å²) in [6.07, 6.45) is 0.838. The van der Waals surface area contributed by atoms with Crippen molar-refractivity contribution >= 4 is 11.9 Å². The third kappa shape index (κ3) is 3.86. The van der Waals surface area contributed by atoms with Crippen LogP contribution in [0, 0.1) is 12.7 Å². The molecule has 1 aliphatic heterocycles. The number of nitrogens with one attached hydrogen (secondary N) is 1. The lowest BCUT2D eigenvalue weighted by Crippen LogP contribution is -2.36. The highest BCUT2D eigenvalue weighted by Crippen LogP contribution is 2.20. The molecule has 1 N–H and O–H groups in total. The number of carbonyl (C=O) groups excluding carboxylic acids is 1. The van der Waals surface area contributed by atoms with E-state index in [2.05, 4.69) is 27.4 Å². The Morgan fingerprint density at radius 1 is 1.11 bits per heavy atom. The first-order valence-electron chi connectivity index (χ1n) is 9.29. The van der Waals surface area contributed by atoms with E-state index in [1.165, 1.54) is 17.2 Å². The van der Waals surface area contributed by atoms with Crippen molar-refractivity contribution in [1.82, 2.24) is 14.9 Å². The third-order valence-corrected chi connectivity index (χ3v) is 4.89. The normalized spacial score (nSPS) is 13.1. The van der Waals surface area contributed by atoms with E-state index in [-0.39, 0.29) is 18.3 Å². The van der Waals surface area contributed by atoms with Crippen LogP contribution in [0.3, 0.4) is 0 Å². The lowest BCUT2D eigenvalue weighted by atomic mass is 10.00. The maximum atomic E-state index is 13.8. The molecule has 0 fully saturated rings. The van der Waals surface area contributed by atoms with Gasteiger partial charge in [-0.2, -0.15) is 0 Å². The molecule has 6 heteroatoms. The zero-order valence-electron chi connectivity index (χ0n) is 15.7. The second-order valence-corrected chi connectivity index (χ2v) is 6.91.